The van der Waals surface area contributed by atoms with Crippen LogP contribution in [0.15, 0.2) is 23.7 Å². The average Bonchev–Trinajstić information content (AvgIpc) is 3.17. The van der Waals surface area contributed by atoms with Crippen LogP contribution in [0.2, 0.25) is 0 Å². The van der Waals surface area contributed by atoms with E-state index in [1.54, 1.807) is 21.2 Å². The molecule has 3 rings (SSSR count). The largest absolute Gasteiger partial charge is 0.250 e. The molecule has 0 spiro atoms. The van der Waals surface area contributed by atoms with Gasteiger partial charge in [0.05, 0.1) is 23.0 Å². The van der Waals surface area contributed by atoms with Gasteiger partial charge in [-0.1, -0.05) is 23.8 Å². The van der Waals surface area contributed by atoms with Crippen LogP contribution in [-0.4, -0.2) is 30.0 Å². The van der Waals surface area contributed by atoms with Gasteiger partial charge in [-0.15, -0.1) is 11.3 Å². The van der Waals surface area contributed by atoms with Crippen molar-refractivity contribution in [2.45, 2.75) is 46.1 Å². The Morgan fingerprint density at radius 1 is 1.29 bits per heavy atom. The molecule has 4 nitrogen and oxygen atoms in total. The lowest BCUT2D eigenvalue weighted by molar-refractivity contribution is 0.395. The molecule has 2 heterocycles. The highest BCUT2D eigenvalue weighted by molar-refractivity contribution is 7.89. The van der Waals surface area contributed by atoms with Crippen molar-refractivity contribution in [1.29, 1.82) is 0 Å². The van der Waals surface area contributed by atoms with Crippen molar-refractivity contribution in [1.82, 2.24) is 9.29 Å². The van der Waals surface area contributed by atoms with Gasteiger partial charge in [0.1, 0.15) is 0 Å². The SMILES string of the molecule is Cc1ccc(C)c([C@@H]2CCCN2S(=O)(=O)CCc2scnc2C)c1. The minimum Gasteiger partial charge on any atom is -0.250 e. The molecule has 0 saturated carbocycles. The number of nitrogens with zero attached hydrogens (tertiary/aromatic N) is 2. The molecule has 1 saturated heterocycles. The van der Waals surface area contributed by atoms with Gasteiger partial charge in [-0.05, 0) is 51.2 Å². The standard InChI is InChI=1S/C18H24N2O2S2/c1-13-6-7-14(2)16(11-13)17-5-4-9-20(17)24(21,22)10-8-18-15(3)19-12-23-18/h6-7,11-12,17H,4-5,8-10H2,1-3H3/t17-/m0/s1. The van der Waals surface area contributed by atoms with E-state index in [9.17, 15) is 8.42 Å². The highest BCUT2D eigenvalue weighted by Gasteiger charge is 2.35. The van der Waals surface area contributed by atoms with Crippen LogP contribution in [0.5, 0.6) is 0 Å². The maximum absolute atomic E-state index is 12.9. The van der Waals surface area contributed by atoms with Gasteiger partial charge >= 0.3 is 0 Å². The van der Waals surface area contributed by atoms with E-state index in [1.165, 1.54) is 11.1 Å². The van der Waals surface area contributed by atoms with Gasteiger partial charge in [0.15, 0.2) is 0 Å². The van der Waals surface area contributed by atoms with Crippen LogP contribution in [0.4, 0.5) is 0 Å². The van der Waals surface area contributed by atoms with Gasteiger partial charge in [0, 0.05) is 11.4 Å². The van der Waals surface area contributed by atoms with Crippen LogP contribution >= 0.6 is 11.3 Å². The third kappa shape index (κ3) is 3.55. The number of sulfonamides is 1. The van der Waals surface area contributed by atoms with Crippen LogP contribution in [-0.2, 0) is 16.4 Å². The molecule has 1 aliphatic heterocycles. The number of aryl methyl sites for hydroxylation is 4. The first-order valence-electron chi connectivity index (χ1n) is 8.34. The van der Waals surface area contributed by atoms with E-state index in [-0.39, 0.29) is 11.8 Å². The molecule has 0 aliphatic carbocycles. The van der Waals surface area contributed by atoms with Crippen molar-refractivity contribution in [3.05, 3.63) is 51.0 Å². The monoisotopic (exact) mass is 364 g/mol. The smallest absolute Gasteiger partial charge is 0.215 e. The Morgan fingerprint density at radius 3 is 2.79 bits per heavy atom. The Kier molecular flexibility index (Phi) is 5.08. The molecule has 1 aromatic carbocycles. The second-order valence-electron chi connectivity index (χ2n) is 6.56. The third-order valence-corrected chi connectivity index (χ3v) is 7.65. The normalized spacial score (nSPS) is 19.0. The topological polar surface area (TPSA) is 50.3 Å². The van der Waals surface area contributed by atoms with Crippen LogP contribution < -0.4 is 0 Å². The van der Waals surface area contributed by atoms with Crippen LogP contribution in [0.25, 0.3) is 0 Å². The van der Waals surface area contributed by atoms with Crippen molar-refractivity contribution in [2.75, 3.05) is 12.3 Å². The van der Waals surface area contributed by atoms with Crippen molar-refractivity contribution >= 4 is 21.4 Å². The molecule has 130 valence electrons. The molecule has 1 atom stereocenters. The van der Waals surface area contributed by atoms with E-state index in [1.807, 2.05) is 6.92 Å². The van der Waals surface area contributed by atoms with Crippen molar-refractivity contribution < 1.29 is 8.42 Å². The lowest BCUT2D eigenvalue weighted by Gasteiger charge is -2.26. The summed E-state index contributed by atoms with van der Waals surface area (Å²) in [7, 11) is -3.27. The number of thiazole rings is 1. The van der Waals surface area contributed by atoms with Crippen LogP contribution in [0.3, 0.4) is 0 Å². The maximum atomic E-state index is 12.9. The molecule has 0 unspecified atom stereocenters. The fraction of sp³-hybridized carbons (Fsp3) is 0.500. The zero-order chi connectivity index (χ0) is 17.3. The Hall–Kier alpha value is -1.24. The summed E-state index contributed by atoms with van der Waals surface area (Å²) < 4.78 is 27.6. The van der Waals surface area contributed by atoms with E-state index in [0.717, 1.165) is 29.0 Å². The summed E-state index contributed by atoms with van der Waals surface area (Å²) in [4.78, 5) is 5.28. The molecule has 2 aromatic rings. The minimum atomic E-state index is -3.27. The summed E-state index contributed by atoms with van der Waals surface area (Å²) in [6.45, 7) is 6.69. The predicted octanol–water partition coefficient (Wildman–Crippen LogP) is 3.78. The fourth-order valence-electron chi connectivity index (χ4n) is 3.41. The molecular weight excluding hydrogens is 340 g/mol. The molecule has 0 amide bonds. The molecule has 0 bridgehead atoms. The van der Waals surface area contributed by atoms with Crippen molar-refractivity contribution in [2.24, 2.45) is 0 Å². The molecule has 1 aliphatic rings. The molecule has 1 aromatic heterocycles. The van der Waals surface area contributed by atoms with Gasteiger partial charge in [0.25, 0.3) is 0 Å². The van der Waals surface area contributed by atoms with Crippen molar-refractivity contribution in [3.63, 3.8) is 0 Å². The molecule has 1 fully saturated rings. The number of hydrogen-bond acceptors (Lipinski definition) is 4. The van der Waals surface area contributed by atoms with Crippen molar-refractivity contribution in [3.8, 4) is 0 Å². The lowest BCUT2D eigenvalue weighted by Crippen LogP contribution is -2.33. The zero-order valence-electron chi connectivity index (χ0n) is 14.4. The summed E-state index contributed by atoms with van der Waals surface area (Å²) in [5.74, 6) is 0.164. The predicted molar refractivity (Wildman–Crippen MR) is 98.9 cm³/mol. The molecule has 0 radical (unpaired) electrons. The van der Waals surface area contributed by atoms with E-state index >= 15 is 0 Å². The number of benzene rings is 1. The average molecular weight is 365 g/mol. The van der Waals surface area contributed by atoms with E-state index in [4.69, 9.17) is 0 Å². The van der Waals surface area contributed by atoms with Gasteiger partial charge in [-0.3, -0.25) is 0 Å². The van der Waals surface area contributed by atoms with Gasteiger partial charge in [0.2, 0.25) is 10.0 Å². The highest BCUT2D eigenvalue weighted by atomic mass is 32.2. The minimum absolute atomic E-state index is 0.0162. The Labute approximate surface area is 148 Å². The first-order valence-corrected chi connectivity index (χ1v) is 10.8. The van der Waals surface area contributed by atoms with Crippen LogP contribution in [0, 0.1) is 20.8 Å². The van der Waals surface area contributed by atoms with E-state index in [0.29, 0.717) is 13.0 Å². The summed E-state index contributed by atoms with van der Waals surface area (Å²) in [5, 5.41) is 0. The molecule has 6 heteroatoms. The first-order chi connectivity index (χ1) is 11.4. The Morgan fingerprint density at radius 2 is 2.08 bits per heavy atom. The maximum Gasteiger partial charge on any atom is 0.215 e. The van der Waals surface area contributed by atoms with E-state index < -0.39 is 10.0 Å². The second kappa shape index (κ2) is 6.94. The number of rotatable bonds is 5. The second-order valence-corrected chi connectivity index (χ2v) is 9.54. The lowest BCUT2D eigenvalue weighted by atomic mass is 9.98. The summed E-state index contributed by atoms with van der Waals surface area (Å²) in [6.07, 6.45) is 2.38. The van der Waals surface area contributed by atoms with Gasteiger partial charge in [-0.2, -0.15) is 4.31 Å². The quantitative estimate of drug-likeness (QED) is 0.811. The summed E-state index contributed by atoms with van der Waals surface area (Å²) >= 11 is 1.54. The third-order valence-electron chi connectivity index (χ3n) is 4.79. The zero-order valence-corrected chi connectivity index (χ0v) is 16.1. The molecule has 24 heavy (non-hydrogen) atoms. The number of aromatic nitrogens is 1. The summed E-state index contributed by atoms with van der Waals surface area (Å²) in [5.41, 5.74) is 6.24. The fourth-order valence-corrected chi connectivity index (χ4v) is 6.03. The Balaban J connectivity index is 1.81. The van der Waals surface area contributed by atoms with Gasteiger partial charge in [-0.25, -0.2) is 13.4 Å². The number of hydrogen-bond donors (Lipinski definition) is 0. The van der Waals surface area contributed by atoms with Gasteiger partial charge < -0.3 is 0 Å². The summed E-state index contributed by atoms with van der Waals surface area (Å²) in [6, 6.07) is 6.30. The molecular formula is C18H24N2O2S2. The van der Waals surface area contributed by atoms with Crippen LogP contribution in [0.1, 0.15) is 46.1 Å². The first kappa shape index (κ1) is 17.6. The van der Waals surface area contributed by atoms with E-state index in [2.05, 4.69) is 37.0 Å². The Bertz CT molecular complexity index is 827. The highest BCUT2D eigenvalue weighted by Crippen LogP contribution is 2.36. The molecule has 0 N–H and O–H groups in total.